The van der Waals surface area contributed by atoms with Crippen LogP contribution in [-0.2, 0) is 30.8 Å². The molecule has 212 valence electrons. The second kappa shape index (κ2) is 12.7. The average Bonchev–Trinajstić information content (AvgIpc) is 3.13. The summed E-state index contributed by atoms with van der Waals surface area (Å²) >= 11 is 0. The maximum atomic E-state index is 13.5. The van der Waals surface area contributed by atoms with Crippen LogP contribution in [0, 0.1) is 5.92 Å². The number of carbonyl (C=O) groups excluding carboxylic acids is 3. The third-order valence-corrected chi connectivity index (χ3v) is 9.21. The van der Waals surface area contributed by atoms with Crippen LogP contribution < -0.4 is 5.32 Å². The number of sulfonamides is 1. The Morgan fingerprint density at radius 1 is 1.00 bits per heavy atom. The van der Waals surface area contributed by atoms with E-state index in [0.29, 0.717) is 19.3 Å². The van der Waals surface area contributed by atoms with Crippen LogP contribution in [0.2, 0.25) is 0 Å². The Kier molecular flexibility index (Phi) is 9.37. The molecule has 2 atom stereocenters. The van der Waals surface area contributed by atoms with Crippen LogP contribution >= 0.6 is 0 Å². The predicted molar refractivity (Wildman–Crippen MR) is 155 cm³/mol. The first kappa shape index (κ1) is 29.4. The summed E-state index contributed by atoms with van der Waals surface area (Å²) in [5, 5.41) is 4.98. The van der Waals surface area contributed by atoms with Gasteiger partial charge in [0.15, 0.2) is 5.78 Å². The number of fused-ring (bicyclic) bond motifs is 1. The van der Waals surface area contributed by atoms with Gasteiger partial charge < -0.3 is 10.2 Å². The number of rotatable bonds is 9. The van der Waals surface area contributed by atoms with E-state index in [2.05, 4.69) is 5.32 Å². The van der Waals surface area contributed by atoms with E-state index in [1.54, 1.807) is 25.2 Å². The lowest BCUT2D eigenvalue weighted by molar-refractivity contribution is -0.140. The number of nitrogens with one attached hydrogen (secondary N) is 1. The number of amides is 2. The fraction of sp³-hybridized carbons (Fsp3) is 0.387. The normalized spacial score (nSPS) is 17.4. The fourth-order valence-corrected chi connectivity index (χ4v) is 6.54. The molecule has 0 aromatic heterocycles. The zero-order chi connectivity index (χ0) is 28.9. The van der Waals surface area contributed by atoms with Crippen LogP contribution in [0.3, 0.4) is 0 Å². The highest BCUT2D eigenvalue weighted by Gasteiger charge is 2.35. The van der Waals surface area contributed by atoms with E-state index in [4.69, 9.17) is 0 Å². The number of benzene rings is 3. The Labute approximate surface area is 236 Å². The van der Waals surface area contributed by atoms with Crippen molar-refractivity contribution in [3.63, 3.8) is 0 Å². The summed E-state index contributed by atoms with van der Waals surface area (Å²) < 4.78 is 27.3. The zero-order valence-corrected chi connectivity index (χ0v) is 24.1. The molecule has 0 spiro atoms. The van der Waals surface area contributed by atoms with Crippen LogP contribution in [0.4, 0.5) is 0 Å². The molecular formula is C31H37N3O5S. The van der Waals surface area contributed by atoms with Crippen molar-refractivity contribution in [2.24, 2.45) is 5.92 Å². The van der Waals surface area contributed by atoms with Crippen LogP contribution in [0.25, 0.3) is 10.8 Å². The summed E-state index contributed by atoms with van der Waals surface area (Å²) in [6.07, 6.45) is 1.34. The molecule has 1 heterocycles. The molecule has 0 radical (unpaired) electrons. The molecule has 1 aliphatic rings. The molecular weight excluding hydrogens is 526 g/mol. The molecule has 0 bridgehead atoms. The molecule has 1 fully saturated rings. The van der Waals surface area contributed by atoms with E-state index < -0.39 is 28.0 Å². The summed E-state index contributed by atoms with van der Waals surface area (Å²) in [5.74, 6) is -0.828. The van der Waals surface area contributed by atoms with Gasteiger partial charge in [-0.15, -0.1) is 0 Å². The topological polar surface area (TPSA) is 104 Å². The van der Waals surface area contributed by atoms with Gasteiger partial charge in [-0.1, -0.05) is 74.5 Å². The Morgan fingerprint density at radius 3 is 2.38 bits per heavy atom. The molecule has 1 saturated heterocycles. The van der Waals surface area contributed by atoms with Crippen molar-refractivity contribution in [1.29, 1.82) is 0 Å². The zero-order valence-electron chi connectivity index (χ0n) is 23.2. The minimum absolute atomic E-state index is 0.128. The molecule has 2 amide bonds. The molecule has 1 N–H and O–H groups in total. The lowest BCUT2D eigenvalue weighted by Crippen LogP contribution is -2.53. The number of ketones is 1. The highest BCUT2D eigenvalue weighted by Crippen LogP contribution is 2.21. The van der Waals surface area contributed by atoms with Crippen molar-refractivity contribution in [1.82, 2.24) is 14.5 Å². The van der Waals surface area contributed by atoms with Crippen LogP contribution in [-0.4, -0.2) is 67.4 Å². The van der Waals surface area contributed by atoms with Crippen LogP contribution in [0.5, 0.6) is 0 Å². The first-order valence-electron chi connectivity index (χ1n) is 13.7. The van der Waals surface area contributed by atoms with E-state index in [1.165, 1.54) is 21.3 Å². The van der Waals surface area contributed by atoms with Gasteiger partial charge in [0.2, 0.25) is 21.8 Å². The van der Waals surface area contributed by atoms with Crippen molar-refractivity contribution in [3.05, 3.63) is 78.4 Å². The maximum absolute atomic E-state index is 13.5. The molecule has 1 aliphatic heterocycles. The van der Waals surface area contributed by atoms with E-state index in [0.717, 1.165) is 16.3 Å². The summed E-state index contributed by atoms with van der Waals surface area (Å²) in [6, 6.07) is 20.3. The van der Waals surface area contributed by atoms with Crippen molar-refractivity contribution in [3.8, 4) is 0 Å². The van der Waals surface area contributed by atoms with Crippen LogP contribution in [0.15, 0.2) is 77.7 Å². The standard InChI is InChI=1S/C31H37N3O5S/c1-22(2)18-28(33(3)30(36)20-23-15-16-24-10-7-8-11-25(24)19-23)31(37)32-27-14-9-17-34(21-29(27)35)40(38,39)26-12-5-4-6-13-26/h4-8,10-13,15-16,19,22,27-28H,9,14,17-18,20-21H2,1-3H3,(H,32,37). The second-order valence-electron chi connectivity index (χ2n) is 10.8. The van der Waals surface area contributed by atoms with Gasteiger partial charge in [0.25, 0.3) is 0 Å². The lowest BCUT2D eigenvalue weighted by Gasteiger charge is -2.30. The average molecular weight is 564 g/mol. The highest BCUT2D eigenvalue weighted by molar-refractivity contribution is 7.89. The number of carbonyl (C=O) groups is 3. The molecule has 8 nitrogen and oxygen atoms in total. The highest BCUT2D eigenvalue weighted by atomic mass is 32.2. The first-order valence-corrected chi connectivity index (χ1v) is 15.1. The van der Waals surface area contributed by atoms with E-state index in [9.17, 15) is 22.8 Å². The molecule has 40 heavy (non-hydrogen) atoms. The fourth-order valence-electron chi connectivity index (χ4n) is 5.07. The molecule has 9 heteroatoms. The largest absolute Gasteiger partial charge is 0.344 e. The second-order valence-corrected chi connectivity index (χ2v) is 12.8. The van der Waals surface area contributed by atoms with E-state index in [1.807, 2.05) is 56.3 Å². The van der Waals surface area contributed by atoms with Crippen molar-refractivity contribution in [2.45, 2.75) is 56.5 Å². The first-order chi connectivity index (χ1) is 19.1. The number of hydrogen-bond donors (Lipinski definition) is 1. The summed E-state index contributed by atoms with van der Waals surface area (Å²) in [6.45, 7) is 3.83. The van der Waals surface area contributed by atoms with E-state index >= 15 is 0 Å². The number of hydrogen-bond acceptors (Lipinski definition) is 5. The molecule has 3 aromatic rings. The number of nitrogens with zero attached hydrogens (tertiary/aromatic N) is 2. The summed E-state index contributed by atoms with van der Waals surface area (Å²) in [4.78, 5) is 41.5. The Hall–Kier alpha value is -3.56. The Bertz CT molecular complexity index is 1470. The van der Waals surface area contributed by atoms with Gasteiger partial charge in [0, 0.05) is 13.6 Å². The molecule has 0 aliphatic carbocycles. The SMILES string of the molecule is CC(C)CC(C(=O)NC1CCCN(S(=O)(=O)c2ccccc2)CC1=O)N(C)C(=O)Cc1ccc2ccccc2c1. The molecule has 3 aromatic carbocycles. The predicted octanol–water partition coefficient (Wildman–Crippen LogP) is 3.79. The van der Waals surface area contributed by atoms with Gasteiger partial charge in [0.05, 0.1) is 23.9 Å². The maximum Gasteiger partial charge on any atom is 0.243 e. The quantitative estimate of drug-likeness (QED) is 0.427. The Morgan fingerprint density at radius 2 is 1.68 bits per heavy atom. The molecule has 2 unspecified atom stereocenters. The van der Waals surface area contributed by atoms with Crippen LogP contribution in [0.1, 0.15) is 38.7 Å². The molecule has 0 saturated carbocycles. The smallest absolute Gasteiger partial charge is 0.243 e. The van der Waals surface area contributed by atoms with E-state index in [-0.39, 0.29) is 42.0 Å². The van der Waals surface area contributed by atoms with Crippen molar-refractivity contribution in [2.75, 3.05) is 20.1 Å². The number of likely N-dealkylation sites (N-methyl/N-ethyl adjacent to an activating group) is 1. The van der Waals surface area contributed by atoms with Crippen molar-refractivity contribution < 1.29 is 22.8 Å². The minimum Gasteiger partial charge on any atom is -0.344 e. The lowest BCUT2D eigenvalue weighted by atomic mass is 9.99. The van der Waals surface area contributed by atoms with Gasteiger partial charge in [-0.2, -0.15) is 4.31 Å². The van der Waals surface area contributed by atoms with Gasteiger partial charge in [-0.25, -0.2) is 8.42 Å². The molecule has 4 rings (SSSR count). The van der Waals surface area contributed by atoms with Gasteiger partial charge in [-0.3, -0.25) is 14.4 Å². The number of Topliss-reactive ketones (excluding diaryl/α,β-unsaturated/α-hetero) is 1. The van der Waals surface area contributed by atoms with Gasteiger partial charge in [-0.05, 0) is 53.6 Å². The summed E-state index contributed by atoms with van der Waals surface area (Å²) in [7, 11) is -2.20. The van der Waals surface area contributed by atoms with Gasteiger partial charge in [0.1, 0.15) is 6.04 Å². The monoisotopic (exact) mass is 563 g/mol. The third-order valence-electron chi connectivity index (χ3n) is 7.35. The third kappa shape index (κ3) is 6.95. The van der Waals surface area contributed by atoms with Crippen molar-refractivity contribution >= 4 is 38.4 Å². The summed E-state index contributed by atoms with van der Waals surface area (Å²) in [5.41, 5.74) is 0.859. The minimum atomic E-state index is -3.82. The van der Waals surface area contributed by atoms with Gasteiger partial charge >= 0.3 is 0 Å². The Balaban J connectivity index is 1.44.